The van der Waals surface area contributed by atoms with Crippen molar-refractivity contribution in [3.8, 4) is 17.1 Å². The summed E-state index contributed by atoms with van der Waals surface area (Å²) >= 11 is 5.72. The van der Waals surface area contributed by atoms with Crippen LogP contribution in [0.2, 0.25) is 5.02 Å². The first-order chi connectivity index (χ1) is 8.63. The largest absolute Gasteiger partial charge is 0.496 e. The number of carboxylic acid groups (broad SMARTS) is 1. The molecule has 0 aliphatic carbocycles. The van der Waals surface area contributed by atoms with Gasteiger partial charge in [0.15, 0.2) is 11.5 Å². The minimum Gasteiger partial charge on any atom is -0.496 e. The summed E-state index contributed by atoms with van der Waals surface area (Å²) in [5.74, 6) is -0.371. The molecule has 0 saturated carbocycles. The molecule has 0 spiro atoms. The third kappa shape index (κ3) is 2.26. The molecule has 92 valence electrons. The first-order valence-electron chi connectivity index (χ1n) is 5.02. The molecule has 2 aromatic rings. The zero-order valence-corrected chi connectivity index (χ0v) is 10.2. The van der Waals surface area contributed by atoms with Gasteiger partial charge in [-0.15, -0.1) is 0 Å². The molecule has 0 saturated heterocycles. The van der Waals surface area contributed by atoms with E-state index in [0.717, 1.165) is 0 Å². The zero-order chi connectivity index (χ0) is 13.1. The van der Waals surface area contributed by atoms with Crippen molar-refractivity contribution in [3.63, 3.8) is 0 Å². The molecule has 1 aromatic heterocycles. The Hall–Kier alpha value is -2.14. The molecule has 0 fully saturated rings. The predicted molar refractivity (Wildman–Crippen MR) is 66.0 cm³/mol. The molecule has 0 atom stereocenters. The van der Waals surface area contributed by atoms with Gasteiger partial charge in [0.25, 0.3) is 0 Å². The molecular weight excluding hydrogens is 256 g/mol. The van der Waals surface area contributed by atoms with Gasteiger partial charge in [-0.1, -0.05) is 23.7 Å². The number of rotatable bonds is 3. The third-order valence-corrected chi connectivity index (χ3v) is 2.57. The lowest BCUT2D eigenvalue weighted by molar-refractivity contribution is 0.0690. The second-order valence-corrected chi connectivity index (χ2v) is 3.80. The number of hydrogen-bond donors (Lipinski definition) is 1. The van der Waals surface area contributed by atoms with Crippen LogP contribution >= 0.6 is 11.6 Å². The van der Waals surface area contributed by atoms with E-state index in [9.17, 15) is 4.79 Å². The molecule has 2 rings (SSSR count). The summed E-state index contributed by atoms with van der Waals surface area (Å²) in [6.45, 7) is 0. The number of halogens is 1. The molecule has 1 heterocycles. The van der Waals surface area contributed by atoms with E-state index in [-0.39, 0.29) is 16.5 Å². The SMILES string of the molecule is COc1ccccc1-c1ncc(Cl)c(C(=O)O)n1. The Morgan fingerprint density at radius 2 is 2.11 bits per heavy atom. The van der Waals surface area contributed by atoms with Crippen molar-refractivity contribution in [3.05, 3.63) is 41.2 Å². The topological polar surface area (TPSA) is 72.3 Å². The van der Waals surface area contributed by atoms with Crippen LogP contribution in [-0.2, 0) is 0 Å². The molecule has 0 unspecified atom stereocenters. The maximum Gasteiger partial charge on any atom is 0.356 e. The second kappa shape index (κ2) is 5.01. The van der Waals surface area contributed by atoms with Crippen molar-refractivity contribution in [2.45, 2.75) is 0 Å². The van der Waals surface area contributed by atoms with Gasteiger partial charge in [0, 0.05) is 0 Å². The maximum atomic E-state index is 11.0. The van der Waals surface area contributed by atoms with Gasteiger partial charge in [-0.2, -0.15) is 0 Å². The fourth-order valence-corrected chi connectivity index (χ4v) is 1.65. The van der Waals surface area contributed by atoms with Gasteiger partial charge in [0.05, 0.1) is 23.9 Å². The number of aromatic carboxylic acids is 1. The highest BCUT2D eigenvalue weighted by Crippen LogP contribution is 2.27. The van der Waals surface area contributed by atoms with Crippen LogP contribution < -0.4 is 4.74 Å². The summed E-state index contributed by atoms with van der Waals surface area (Å²) in [6.07, 6.45) is 1.26. The minimum atomic E-state index is -1.20. The third-order valence-electron chi connectivity index (χ3n) is 2.29. The number of carbonyl (C=O) groups is 1. The molecule has 18 heavy (non-hydrogen) atoms. The Labute approximate surface area is 108 Å². The van der Waals surface area contributed by atoms with Crippen LogP contribution in [0.25, 0.3) is 11.4 Å². The van der Waals surface area contributed by atoms with Gasteiger partial charge in [-0.05, 0) is 12.1 Å². The van der Waals surface area contributed by atoms with Crippen molar-refractivity contribution >= 4 is 17.6 Å². The van der Waals surface area contributed by atoms with E-state index in [2.05, 4.69) is 9.97 Å². The van der Waals surface area contributed by atoms with Crippen LogP contribution in [0.15, 0.2) is 30.5 Å². The summed E-state index contributed by atoms with van der Waals surface area (Å²) in [7, 11) is 1.52. The van der Waals surface area contributed by atoms with E-state index >= 15 is 0 Å². The van der Waals surface area contributed by atoms with Crippen molar-refractivity contribution in [1.29, 1.82) is 0 Å². The van der Waals surface area contributed by atoms with Gasteiger partial charge in [0.1, 0.15) is 5.75 Å². The number of hydrogen-bond acceptors (Lipinski definition) is 4. The number of benzene rings is 1. The van der Waals surface area contributed by atoms with Crippen molar-refractivity contribution in [2.24, 2.45) is 0 Å². The lowest BCUT2D eigenvalue weighted by Crippen LogP contribution is -2.04. The highest BCUT2D eigenvalue weighted by atomic mass is 35.5. The number of ether oxygens (including phenoxy) is 1. The van der Waals surface area contributed by atoms with E-state index < -0.39 is 5.97 Å². The molecule has 6 heteroatoms. The van der Waals surface area contributed by atoms with Gasteiger partial charge in [-0.25, -0.2) is 14.8 Å². The fourth-order valence-electron chi connectivity index (χ4n) is 1.48. The van der Waals surface area contributed by atoms with E-state index in [1.807, 2.05) is 0 Å². The quantitative estimate of drug-likeness (QED) is 0.922. The smallest absolute Gasteiger partial charge is 0.356 e. The molecule has 1 aromatic carbocycles. The van der Waals surface area contributed by atoms with Crippen molar-refractivity contribution in [1.82, 2.24) is 9.97 Å². The Kier molecular flexibility index (Phi) is 3.43. The fraction of sp³-hybridized carbons (Fsp3) is 0.0833. The molecule has 0 aliphatic heterocycles. The summed E-state index contributed by atoms with van der Waals surface area (Å²) < 4.78 is 5.17. The molecule has 0 radical (unpaired) electrons. The summed E-state index contributed by atoms with van der Waals surface area (Å²) in [5.41, 5.74) is 0.381. The molecule has 5 nitrogen and oxygen atoms in total. The van der Waals surface area contributed by atoms with Crippen LogP contribution in [0.1, 0.15) is 10.5 Å². The lowest BCUT2D eigenvalue weighted by Gasteiger charge is -2.07. The molecule has 1 N–H and O–H groups in total. The number of aromatic nitrogens is 2. The first kappa shape index (κ1) is 12.3. The summed E-state index contributed by atoms with van der Waals surface area (Å²) in [6, 6.07) is 7.08. The second-order valence-electron chi connectivity index (χ2n) is 3.40. The van der Waals surface area contributed by atoms with Gasteiger partial charge < -0.3 is 9.84 Å². The molecule has 0 bridgehead atoms. The number of para-hydroxylation sites is 1. The molecule has 0 aliphatic rings. The van der Waals surface area contributed by atoms with Crippen LogP contribution in [0.3, 0.4) is 0 Å². The van der Waals surface area contributed by atoms with E-state index in [1.54, 1.807) is 24.3 Å². The number of methoxy groups -OCH3 is 1. The van der Waals surface area contributed by atoms with Gasteiger partial charge in [0.2, 0.25) is 0 Å². The Morgan fingerprint density at radius 1 is 1.39 bits per heavy atom. The normalized spacial score (nSPS) is 10.1. The predicted octanol–water partition coefficient (Wildman–Crippen LogP) is 2.50. The molecule has 0 amide bonds. The van der Waals surface area contributed by atoms with Crippen molar-refractivity contribution < 1.29 is 14.6 Å². The number of carboxylic acids is 1. The van der Waals surface area contributed by atoms with E-state index in [0.29, 0.717) is 11.3 Å². The Balaban J connectivity index is 2.58. The Morgan fingerprint density at radius 3 is 2.78 bits per heavy atom. The average molecular weight is 265 g/mol. The standard InChI is InChI=1S/C12H9ClN2O3/c1-18-9-5-3-2-4-7(9)11-14-6-8(13)10(15-11)12(16)17/h2-6H,1H3,(H,16,17). The molecular formula is C12H9ClN2O3. The van der Waals surface area contributed by atoms with E-state index in [4.69, 9.17) is 21.4 Å². The summed E-state index contributed by atoms with van der Waals surface area (Å²) in [4.78, 5) is 18.9. The average Bonchev–Trinajstić information content (AvgIpc) is 2.39. The number of nitrogens with zero attached hydrogens (tertiary/aromatic N) is 2. The highest BCUT2D eigenvalue weighted by molar-refractivity contribution is 6.33. The maximum absolute atomic E-state index is 11.0. The van der Waals surface area contributed by atoms with Crippen LogP contribution in [0.4, 0.5) is 0 Å². The Bertz CT molecular complexity index is 602. The highest BCUT2D eigenvalue weighted by Gasteiger charge is 2.15. The van der Waals surface area contributed by atoms with Crippen LogP contribution in [0.5, 0.6) is 5.75 Å². The lowest BCUT2D eigenvalue weighted by atomic mass is 10.2. The van der Waals surface area contributed by atoms with Gasteiger partial charge in [-0.3, -0.25) is 0 Å². The van der Waals surface area contributed by atoms with Crippen LogP contribution in [0, 0.1) is 0 Å². The monoisotopic (exact) mass is 264 g/mol. The zero-order valence-electron chi connectivity index (χ0n) is 9.42. The first-order valence-corrected chi connectivity index (χ1v) is 5.40. The van der Waals surface area contributed by atoms with Crippen LogP contribution in [-0.4, -0.2) is 28.2 Å². The summed E-state index contributed by atoms with van der Waals surface area (Å²) in [5, 5.41) is 8.96. The van der Waals surface area contributed by atoms with Crippen molar-refractivity contribution in [2.75, 3.05) is 7.11 Å². The minimum absolute atomic E-state index is 0.00106. The van der Waals surface area contributed by atoms with E-state index in [1.165, 1.54) is 13.3 Å². The van der Waals surface area contributed by atoms with Gasteiger partial charge >= 0.3 is 5.97 Å².